The quantitative estimate of drug-likeness (QED) is 0.699. The summed E-state index contributed by atoms with van der Waals surface area (Å²) in [7, 11) is 0. The number of halogens is 1. The van der Waals surface area contributed by atoms with Gasteiger partial charge in [-0.3, -0.25) is 4.98 Å². The molecule has 3 heteroatoms. The van der Waals surface area contributed by atoms with Crippen LogP contribution in [0.5, 0.6) is 0 Å². The number of hydrogen-bond acceptors (Lipinski definition) is 2. The zero-order valence-electron chi connectivity index (χ0n) is 11.9. The summed E-state index contributed by atoms with van der Waals surface area (Å²) < 4.78 is 0. The minimum atomic E-state index is 0.659. The van der Waals surface area contributed by atoms with E-state index in [0.717, 1.165) is 22.4 Å². The van der Waals surface area contributed by atoms with Crippen molar-refractivity contribution in [1.29, 1.82) is 0 Å². The fraction of sp³-hybridized carbons (Fsp3) is 0. The van der Waals surface area contributed by atoms with Gasteiger partial charge in [0.05, 0.1) is 5.69 Å². The van der Waals surface area contributed by atoms with Gasteiger partial charge in [0.2, 0.25) is 0 Å². The van der Waals surface area contributed by atoms with Crippen LogP contribution in [0.1, 0.15) is 16.8 Å². The third kappa shape index (κ3) is 3.18. The largest absolute Gasteiger partial charge is 0.398 e. The molecule has 3 aromatic rings. The molecule has 0 unspecified atom stereocenters. The summed E-state index contributed by atoms with van der Waals surface area (Å²) in [6, 6.07) is 21.4. The molecule has 1 aromatic heterocycles. The highest BCUT2D eigenvalue weighted by molar-refractivity contribution is 6.31. The highest BCUT2D eigenvalue weighted by Crippen LogP contribution is 2.31. The number of benzene rings is 2. The van der Waals surface area contributed by atoms with Crippen molar-refractivity contribution in [3.8, 4) is 0 Å². The van der Waals surface area contributed by atoms with Crippen LogP contribution in [0.2, 0.25) is 5.02 Å². The van der Waals surface area contributed by atoms with Crippen LogP contribution in [-0.2, 0) is 0 Å². The number of aromatic nitrogens is 1. The smallest absolute Gasteiger partial charge is 0.0636 e. The van der Waals surface area contributed by atoms with Crippen LogP contribution in [-0.4, -0.2) is 4.98 Å². The van der Waals surface area contributed by atoms with Gasteiger partial charge in [0.15, 0.2) is 0 Å². The van der Waals surface area contributed by atoms with E-state index in [9.17, 15) is 0 Å². The van der Waals surface area contributed by atoms with E-state index < -0.39 is 0 Å². The van der Waals surface area contributed by atoms with Gasteiger partial charge in [0.1, 0.15) is 0 Å². The maximum Gasteiger partial charge on any atom is 0.0636 e. The van der Waals surface area contributed by atoms with E-state index in [2.05, 4.69) is 17.1 Å². The highest BCUT2D eigenvalue weighted by Gasteiger charge is 2.10. The van der Waals surface area contributed by atoms with E-state index in [0.29, 0.717) is 10.7 Å². The van der Waals surface area contributed by atoms with Crippen molar-refractivity contribution in [2.24, 2.45) is 0 Å². The van der Waals surface area contributed by atoms with E-state index in [1.807, 2.05) is 54.6 Å². The number of nitrogen functional groups attached to an aromatic ring is 1. The van der Waals surface area contributed by atoms with Gasteiger partial charge in [-0.2, -0.15) is 0 Å². The average Bonchev–Trinajstić information content (AvgIpc) is 2.57. The number of pyridine rings is 1. The van der Waals surface area contributed by atoms with Crippen LogP contribution in [0.3, 0.4) is 0 Å². The number of anilines is 1. The highest BCUT2D eigenvalue weighted by atomic mass is 35.5. The monoisotopic (exact) mass is 306 g/mol. The molecule has 2 N–H and O–H groups in total. The lowest BCUT2D eigenvalue weighted by molar-refractivity contribution is 1.30. The number of nitrogens with two attached hydrogens (primary N) is 1. The molecule has 108 valence electrons. The molecule has 0 aliphatic rings. The van der Waals surface area contributed by atoms with Gasteiger partial charge in [-0.1, -0.05) is 48.0 Å². The molecule has 0 saturated carbocycles. The van der Waals surface area contributed by atoms with Gasteiger partial charge in [0.25, 0.3) is 0 Å². The Hall–Kier alpha value is -2.58. The Balaban J connectivity index is 2.20. The minimum absolute atomic E-state index is 0.659. The van der Waals surface area contributed by atoms with E-state index in [-0.39, 0.29) is 0 Å². The third-order valence-electron chi connectivity index (χ3n) is 3.37. The molecule has 0 amide bonds. The molecule has 0 aliphatic carbocycles. The average molecular weight is 307 g/mol. The predicted octanol–water partition coefficient (Wildman–Crippen LogP) is 4.91. The second-order valence-electron chi connectivity index (χ2n) is 4.91. The van der Waals surface area contributed by atoms with Crippen LogP contribution >= 0.6 is 11.6 Å². The molecule has 0 spiro atoms. The third-order valence-corrected chi connectivity index (χ3v) is 3.61. The van der Waals surface area contributed by atoms with E-state index in [1.165, 1.54) is 0 Å². The molecule has 2 aromatic carbocycles. The van der Waals surface area contributed by atoms with Crippen LogP contribution in [0.25, 0.3) is 11.6 Å². The molecule has 0 atom stereocenters. The first-order valence-corrected chi connectivity index (χ1v) is 7.35. The SMILES string of the molecule is Nc1ccc(Cl)cc1/C(=C/c1ccccn1)c1ccccc1. The van der Waals surface area contributed by atoms with Crippen molar-refractivity contribution in [2.45, 2.75) is 0 Å². The van der Waals surface area contributed by atoms with E-state index >= 15 is 0 Å². The van der Waals surface area contributed by atoms with Gasteiger partial charge in [-0.15, -0.1) is 0 Å². The van der Waals surface area contributed by atoms with Gasteiger partial charge >= 0.3 is 0 Å². The van der Waals surface area contributed by atoms with Crippen molar-refractivity contribution in [3.05, 3.63) is 94.8 Å². The van der Waals surface area contributed by atoms with Crippen molar-refractivity contribution in [2.75, 3.05) is 5.73 Å². The summed E-state index contributed by atoms with van der Waals surface area (Å²) in [6.45, 7) is 0. The zero-order valence-corrected chi connectivity index (χ0v) is 12.7. The first-order valence-electron chi connectivity index (χ1n) is 6.97. The number of hydrogen-bond donors (Lipinski definition) is 1. The standard InChI is InChI=1S/C19H15ClN2/c20-15-9-10-19(21)18(12-15)17(14-6-2-1-3-7-14)13-16-8-4-5-11-22-16/h1-13H,21H2/b17-13+. The van der Waals surface area contributed by atoms with Gasteiger partial charge in [-0.05, 0) is 47.5 Å². The normalized spacial score (nSPS) is 11.4. The van der Waals surface area contributed by atoms with Crippen molar-refractivity contribution in [1.82, 2.24) is 4.98 Å². The van der Waals surface area contributed by atoms with Crippen molar-refractivity contribution in [3.63, 3.8) is 0 Å². The molecule has 0 aliphatic heterocycles. The van der Waals surface area contributed by atoms with E-state index in [1.54, 1.807) is 12.3 Å². The number of rotatable bonds is 3. The maximum atomic E-state index is 6.16. The predicted molar refractivity (Wildman–Crippen MR) is 93.5 cm³/mol. The lowest BCUT2D eigenvalue weighted by Gasteiger charge is -2.12. The maximum absolute atomic E-state index is 6.16. The minimum Gasteiger partial charge on any atom is -0.398 e. The van der Waals surface area contributed by atoms with Crippen molar-refractivity contribution >= 4 is 28.9 Å². The topological polar surface area (TPSA) is 38.9 Å². The van der Waals surface area contributed by atoms with Crippen LogP contribution in [0.15, 0.2) is 72.9 Å². The Bertz CT molecular complexity index is 796. The molecular formula is C19H15ClN2. The van der Waals surface area contributed by atoms with Gasteiger partial charge < -0.3 is 5.73 Å². The summed E-state index contributed by atoms with van der Waals surface area (Å²) in [5.41, 5.74) is 10.7. The molecule has 0 bridgehead atoms. The second-order valence-corrected chi connectivity index (χ2v) is 5.35. The van der Waals surface area contributed by atoms with Gasteiger partial charge in [0, 0.05) is 22.5 Å². The lowest BCUT2D eigenvalue weighted by atomic mass is 9.95. The molecule has 0 fully saturated rings. The van der Waals surface area contributed by atoms with Crippen molar-refractivity contribution < 1.29 is 0 Å². The second kappa shape index (κ2) is 6.46. The van der Waals surface area contributed by atoms with Crippen LogP contribution in [0, 0.1) is 0 Å². The van der Waals surface area contributed by atoms with E-state index in [4.69, 9.17) is 17.3 Å². The molecule has 22 heavy (non-hydrogen) atoms. The first kappa shape index (κ1) is 14.4. The summed E-state index contributed by atoms with van der Waals surface area (Å²) in [5, 5.41) is 0.659. The zero-order chi connectivity index (χ0) is 15.4. The lowest BCUT2D eigenvalue weighted by Crippen LogP contribution is -1.96. The number of nitrogens with zero attached hydrogens (tertiary/aromatic N) is 1. The Labute approximate surface area is 134 Å². The Kier molecular flexibility index (Phi) is 4.22. The molecule has 2 nitrogen and oxygen atoms in total. The first-order chi connectivity index (χ1) is 10.7. The summed E-state index contributed by atoms with van der Waals surface area (Å²) in [5.74, 6) is 0. The summed E-state index contributed by atoms with van der Waals surface area (Å²) in [6.07, 6.45) is 3.80. The molecule has 3 rings (SSSR count). The van der Waals surface area contributed by atoms with Crippen LogP contribution in [0.4, 0.5) is 5.69 Å². The fourth-order valence-corrected chi connectivity index (χ4v) is 2.48. The fourth-order valence-electron chi connectivity index (χ4n) is 2.31. The molecule has 0 saturated heterocycles. The molecule has 0 radical (unpaired) electrons. The van der Waals surface area contributed by atoms with Crippen LogP contribution < -0.4 is 5.73 Å². The molecule has 1 heterocycles. The summed E-state index contributed by atoms with van der Waals surface area (Å²) >= 11 is 6.15. The Morgan fingerprint density at radius 1 is 0.955 bits per heavy atom. The Morgan fingerprint density at radius 2 is 1.73 bits per heavy atom. The van der Waals surface area contributed by atoms with Gasteiger partial charge in [-0.25, -0.2) is 0 Å². The molecular weight excluding hydrogens is 292 g/mol. The Morgan fingerprint density at radius 3 is 2.45 bits per heavy atom. The summed E-state index contributed by atoms with van der Waals surface area (Å²) in [4.78, 5) is 4.37.